The van der Waals surface area contributed by atoms with Crippen LogP contribution in [0.3, 0.4) is 0 Å². The zero-order valence-electron chi connectivity index (χ0n) is 8.57. The average molecular weight is 215 g/mol. The maximum atomic E-state index is 11.6. The van der Waals surface area contributed by atoms with Gasteiger partial charge < -0.3 is 0 Å². The van der Waals surface area contributed by atoms with Crippen LogP contribution in [0, 0.1) is 0 Å². The maximum absolute atomic E-state index is 11.6. The van der Waals surface area contributed by atoms with Crippen LogP contribution in [0.1, 0.15) is 32.1 Å². The van der Waals surface area contributed by atoms with Crippen LogP contribution < -0.4 is 0 Å². The molecule has 2 rings (SSSR count). The fourth-order valence-corrected chi connectivity index (χ4v) is 4.07. The summed E-state index contributed by atoms with van der Waals surface area (Å²) in [5.74, 6) is 0. The molecule has 2 aliphatic rings. The molecule has 0 aromatic carbocycles. The van der Waals surface area contributed by atoms with Crippen molar-refractivity contribution in [3.05, 3.63) is 12.2 Å². The van der Waals surface area contributed by atoms with Gasteiger partial charge in [0.05, 0.1) is 11.8 Å². The van der Waals surface area contributed by atoms with Crippen LogP contribution in [0.25, 0.3) is 0 Å². The van der Waals surface area contributed by atoms with E-state index in [2.05, 4.69) is 12.2 Å². The highest BCUT2D eigenvalue weighted by molar-refractivity contribution is 7.88. The normalized spacial score (nSPS) is 34.1. The Balaban J connectivity index is 2.34. The quantitative estimate of drug-likeness (QED) is 0.622. The fraction of sp³-hybridized carbons (Fsp3) is 0.800. The van der Waals surface area contributed by atoms with Gasteiger partial charge in [-0.3, -0.25) is 0 Å². The number of hydrogen-bond donors (Lipinski definition) is 0. The Morgan fingerprint density at radius 3 is 2.57 bits per heavy atom. The summed E-state index contributed by atoms with van der Waals surface area (Å²) in [6.07, 6.45) is 10.8. The number of hydrogen-bond acceptors (Lipinski definition) is 2. The summed E-state index contributed by atoms with van der Waals surface area (Å²) in [7, 11) is -3.03. The third kappa shape index (κ3) is 1.61. The van der Waals surface area contributed by atoms with E-state index in [-0.39, 0.29) is 5.54 Å². The molecule has 0 N–H and O–H groups in total. The summed E-state index contributed by atoms with van der Waals surface area (Å²) >= 11 is 0. The molecule has 14 heavy (non-hydrogen) atoms. The molecule has 1 atom stereocenters. The van der Waals surface area contributed by atoms with Gasteiger partial charge in [0, 0.05) is 6.54 Å². The fourth-order valence-electron chi connectivity index (χ4n) is 2.70. The smallest absolute Gasteiger partial charge is 0.211 e. The molecule has 1 spiro atoms. The number of rotatable bonds is 1. The second-order valence-electron chi connectivity index (χ2n) is 4.34. The molecular formula is C10H17NO2S. The predicted octanol–water partition coefficient (Wildman–Crippen LogP) is 1.52. The van der Waals surface area contributed by atoms with Crippen LogP contribution in [0.15, 0.2) is 12.2 Å². The summed E-state index contributed by atoms with van der Waals surface area (Å²) in [5.41, 5.74) is -0.161. The van der Waals surface area contributed by atoms with Gasteiger partial charge in [-0.1, -0.05) is 12.2 Å². The first-order valence-electron chi connectivity index (χ1n) is 5.20. The highest BCUT2D eigenvalue weighted by Gasteiger charge is 2.43. The Morgan fingerprint density at radius 1 is 1.29 bits per heavy atom. The van der Waals surface area contributed by atoms with Crippen LogP contribution in [0.5, 0.6) is 0 Å². The molecule has 0 amide bonds. The minimum absolute atomic E-state index is 0.161. The van der Waals surface area contributed by atoms with Gasteiger partial charge in [0.2, 0.25) is 10.0 Å². The van der Waals surface area contributed by atoms with Gasteiger partial charge in [0.25, 0.3) is 0 Å². The van der Waals surface area contributed by atoms with Crippen LogP contribution in [0.4, 0.5) is 0 Å². The van der Waals surface area contributed by atoms with Crippen molar-refractivity contribution in [1.82, 2.24) is 4.31 Å². The van der Waals surface area contributed by atoms with Crippen molar-refractivity contribution in [1.29, 1.82) is 0 Å². The van der Waals surface area contributed by atoms with E-state index in [0.717, 1.165) is 32.1 Å². The highest BCUT2D eigenvalue weighted by atomic mass is 32.2. The zero-order chi connectivity index (χ0) is 10.2. The topological polar surface area (TPSA) is 37.4 Å². The first-order valence-corrected chi connectivity index (χ1v) is 7.05. The van der Waals surface area contributed by atoms with Crippen molar-refractivity contribution in [2.24, 2.45) is 0 Å². The van der Waals surface area contributed by atoms with Gasteiger partial charge in [-0.2, -0.15) is 4.31 Å². The Bertz CT molecular complexity index is 347. The lowest BCUT2D eigenvalue weighted by Crippen LogP contribution is -2.46. The SMILES string of the molecule is CS(=O)(=O)N1CCCC12C=CCCC2. The van der Waals surface area contributed by atoms with Gasteiger partial charge >= 0.3 is 0 Å². The summed E-state index contributed by atoms with van der Waals surface area (Å²) in [6.45, 7) is 0.698. The highest BCUT2D eigenvalue weighted by Crippen LogP contribution is 2.39. The number of allylic oxidation sites excluding steroid dienone is 1. The van der Waals surface area contributed by atoms with Crippen LogP contribution >= 0.6 is 0 Å². The lowest BCUT2D eigenvalue weighted by molar-refractivity contribution is 0.273. The van der Waals surface area contributed by atoms with E-state index in [9.17, 15) is 8.42 Å². The lowest BCUT2D eigenvalue weighted by atomic mass is 9.86. The van der Waals surface area contributed by atoms with Gasteiger partial charge in [0.1, 0.15) is 0 Å². The third-order valence-electron chi connectivity index (χ3n) is 3.28. The second-order valence-corrected chi connectivity index (χ2v) is 6.24. The van der Waals surface area contributed by atoms with E-state index in [0.29, 0.717) is 6.54 Å². The Morgan fingerprint density at radius 2 is 2.00 bits per heavy atom. The molecule has 1 aliphatic carbocycles. The maximum Gasteiger partial charge on any atom is 0.211 e. The van der Waals surface area contributed by atoms with Crippen LogP contribution in [-0.2, 0) is 10.0 Å². The molecule has 1 saturated heterocycles. The van der Waals surface area contributed by atoms with Crippen molar-refractivity contribution in [2.45, 2.75) is 37.6 Å². The third-order valence-corrected chi connectivity index (χ3v) is 4.62. The standard InChI is InChI=1S/C10H17NO2S/c1-14(12,13)11-9-5-8-10(11)6-3-2-4-7-10/h3,6H,2,4-5,7-9H2,1H3. The van der Waals surface area contributed by atoms with E-state index in [1.165, 1.54) is 6.26 Å². The van der Waals surface area contributed by atoms with Crippen molar-refractivity contribution < 1.29 is 8.42 Å². The molecule has 1 aliphatic heterocycles. The van der Waals surface area contributed by atoms with E-state index < -0.39 is 10.0 Å². The Labute approximate surface area is 85.8 Å². The number of nitrogens with zero attached hydrogens (tertiary/aromatic N) is 1. The molecule has 1 fully saturated rings. The van der Waals surface area contributed by atoms with E-state index in [1.807, 2.05) is 0 Å². The van der Waals surface area contributed by atoms with Crippen molar-refractivity contribution in [3.8, 4) is 0 Å². The molecule has 0 saturated carbocycles. The molecular weight excluding hydrogens is 198 g/mol. The summed E-state index contributed by atoms with van der Waals surface area (Å²) in [6, 6.07) is 0. The molecule has 1 unspecified atom stereocenters. The monoisotopic (exact) mass is 215 g/mol. The van der Waals surface area contributed by atoms with Crippen molar-refractivity contribution >= 4 is 10.0 Å². The van der Waals surface area contributed by atoms with Crippen molar-refractivity contribution in [3.63, 3.8) is 0 Å². The second kappa shape index (κ2) is 3.35. The molecule has 4 heteroatoms. The molecule has 0 bridgehead atoms. The average Bonchev–Trinajstić information content (AvgIpc) is 2.49. The summed E-state index contributed by atoms with van der Waals surface area (Å²) < 4.78 is 24.9. The van der Waals surface area contributed by atoms with Crippen molar-refractivity contribution in [2.75, 3.05) is 12.8 Å². The van der Waals surface area contributed by atoms with Gasteiger partial charge in [-0.15, -0.1) is 0 Å². The van der Waals surface area contributed by atoms with E-state index >= 15 is 0 Å². The molecule has 0 radical (unpaired) electrons. The molecule has 80 valence electrons. The minimum atomic E-state index is -3.03. The molecule has 0 aromatic heterocycles. The van der Waals surface area contributed by atoms with Gasteiger partial charge in [0.15, 0.2) is 0 Å². The van der Waals surface area contributed by atoms with Crippen LogP contribution in [0.2, 0.25) is 0 Å². The Kier molecular flexibility index (Phi) is 2.43. The predicted molar refractivity (Wildman–Crippen MR) is 56.5 cm³/mol. The van der Waals surface area contributed by atoms with Gasteiger partial charge in [-0.25, -0.2) is 8.42 Å². The lowest BCUT2D eigenvalue weighted by Gasteiger charge is -2.36. The summed E-state index contributed by atoms with van der Waals surface area (Å²) in [4.78, 5) is 0. The molecule has 1 heterocycles. The molecule has 0 aromatic rings. The largest absolute Gasteiger partial charge is 0.212 e. The first kappa shape index (κ1) is 10.2. The zero-order valence-corrected chi connectivity index (χ0v) is 9.39. The summed E-state index contributed by atoms with van der Waals surface area (Å²) in [5, 5.41) is 0. The van der Waals surface area contributed by atoms with E-state index in [1.54, 1.807) is 4.31 Å². The number of sulfonamides is 1. The Hall–Kier alpha value is -0.350. The van der Waals surface area contributed by atoms with E-state index in [4.69, 9.17) is 0 Å². The minimum Gasteiger partial charge on any atom is -0.212 e. The first-order chi connectivity index (χ1) is 6.55. The van der Waals surface area contributed by atoms with Crippen LogP contribution in [-0.4, -0.2) is 31.1 Å². The van der Waals surface area contributed by atoms with Gasteiger partial charge in [-0.05, 0) is 32.1 Å². The molecule has 3 nitrogen and oxygen atoms in total.